The van der Waals surface area contributed by atoms with Crippen LogP contribution in [0, 0.1) is 0 Å². The summed E-state index contributed by atoms with van der Waals surface area (Å²) < 4.78 is 18.4. The molecule has 0 bridgehead atoms. The topological polar surface area (TPSA) is 52.3 Å². The Labute approximate surface area is 107 Å². The molecule has 1 aliphatic heterocycles. The van der Waals surface area contributed by atoms with Crippen LogP contribution < -0.4 is 5.73 Å². The van der Waals surface area contributed by atoms with Crippen molar-refractivity contribution in [3.63, 3.8) is 0 Å². The van der Waals surface area contributed by atoms with Gasteiger partial charge in [0.2, 0.25) is 0 Å². The van der Waals surface area contributed by atoms with E-state index in [0.717, 1.165) is 25.9 Å². The summed E-state index contributed by atoms with van der Waals surface area (Å²) >= 11 is 0. The maximum Gasteiger partial charge on any atom is 0.0694 e. The quantitative estimate of drug-likeness (QED) is 0.839. The van der Waals surface area contributed by atoms with Gasteiger partial charge in [0.15, 0.2) is 0 Å². The first-order valence-electron chi connectivity index (χ1n) is 6.90. The largest absolute Gasteiger partial charge is 0.375 e. The first kappa shape index (κ1) is 13.5. The summed E-state index contributed by atoms with van der Waals surface area (Å²) in [6.07, 6.45) is 7.74. The Morgan fingerprint density at radius 2 is 2.18 bits per heavy atom. The molecule has 2 fully saturated rings. The Balaban J connectivity index is 1.94. The molecule has 0 radical (unpaired) electrons. The Morgan fingerprint density at radius 1 is 1.47 bits per heavy atom. The van der Waals surface area contributed by atoms with Gasteiger partial charge in [0.25, 0.3) is 0 Å². The molecule has 1 heterocycles. The van der Waals surface area contributed by atoms with Crippen molar-refractivity contribution in [1.82, 2.24) is 0 Å². The standard InChI is InChI=1S/C13H25NO2S/c1-11(4-8-14)17(15)12-5-9-16-13(10-12)6-2-3-7-13/h11-12H,2-10,14H2,1H3. The van der Waals surface area contributed by atoms with E-state index in [0.29, 0.717) is 11.8 Å². The Bertz CT molecular complexity index is 277. The molecule has 2 N–H and O–H groups in total. The summed E-state index contributed by atoms with van der Waals surface area (Å²) in [6.45, 7) is 3.51. The van der Waals surface area contributed by atoms with E-state index in [9.17, 15) is 4.21 Å². The second-order valence-electron chi connectivity index (χ2n) is 5.57. The second kappa shape index (κ2) is 5.81. The summed E-state index contributed by atoms with van der Waals surface area (Å²) in [4.78, 5) is 0. The molecule has 1 saturated carbocycles. The van der Waals surface area contributed by atoms with Gasteiger partial charge in [-0.3, -0.25) is 4.21 Å². The summed E-state index contributed by atoms with van der Waals surface area (Å²) in [6, 6.07) is 0. The first-order valence-corrected chi connectivity index (χ1v) is 8.18. The maximum absolute atomic E-state index is 12.4. The van der Waals surface area contributed by atoms with Crippen molar-refractivity contribution in [3.8, 4) is 0 Å². The van der Waals surface area contributed by atoms with E-state index in [-0.39, 0.29) is 10.9 Å². The molecule has 1 saturated heterocycles. The van der Waals surface area contributed by atoms with Crippen LogP contribution in [0.4, 0.5) is 0 Å². The lowest BCUT2D eigenvalue weighted by Crippen LogP contribution is -2.42. The molecule has 3 unspecified atom stereocenters. The molecule has 4 heteroatoms. The third kappa shape index (κ3) is 3.09. The molecule has 1 aliphatic carbocycles. The van der Waals surface area contributed by atoms with E-state index in [4.69, 9.17) is 10.5 Å². The summed E-state index contributed by atoms with van der Waals surface area (Å²) in [5, 5.41) is 0.574. The predicted octanol–water partition coefficient (Wildman–Crippen LogP) is 1.96. The predicted molar refractivity (Wildman–Crippen MR) is 71.4 cm³/mol. The Hall–Kier alpha value is 0.0700. The Kier molecular flexibility index (Phi) is 4.61. The minimum absolute atomic E-state index is 0.0843. The Morgan fingerprint density at radius 3 is 2.82 bits per heavy atom. The maximum atomic E-state index is 12.4. The van der Waals surface area contributed by atoms with Crippen LogP contribution in [0.2, 0.25) is 0 Å². The van der Waals surface area contributed by atoms with Gasteiger partial charge in [0, 0.05) is 27.9 Å². The number of hydrogen-bond acceptors (Lipinski definition) is 3. The van der Waals surface area contributed by atoms with Gasteiger partial charge in [-0.2, -0.15) is 0 Å². The van der Waals surface area contributed by atoms with Crippen molar-refractivity contribution < 1.29 is 8.95 Å². The van der Waals surface area contributed by atoms with Gasteiger partial charge < -0.3 is 10.5 Å². The molecule has 0 aromatic carbocycles. The number of rotatable bonds is 4. The number of ether oxygens (including phenoxy) is 1. The van der Waals surface area contributed by atoms with Gasteiger partial charge in [-0.1, -0.05) is 19.8 Å². The van der Waals surface area contributed by atoms with Crippen LogP contribution in [0.5, 0.6) is 0 Å². The van der Waals surface area contributed by atoms with Crippen molar-refractivity contribution in [1.29, 1.82) is 0 Å². The average molecular weight is 259 g/mol. The average Bonchev–Trinajstić information content (AvgIpc) is 2.76. The van der Waals surface area contributed by atoms with Crippen molar-refractivity contribution in [2.75, 3.05) is 13.2 Å². The van der Waals surface area contributed by atoms with Gasteiger partial charge in [-0.05, 0) is 38.6 Å². The highest BCUT2D eigenvalue weighted by Gasteiger charge is 2.42. The first-order chi connectivity index (χ1) is 8.17. The molecule has 17 heavy (non-hydrogen) atoms. The molecule has 0 aromatic heterocycles. The number of nitrogens with two attached hydrogens (primary N) is 1. The molecular formula is C13H25NO2S. The van der Waals surface area contributed by atoms with E-state index < -0.39 is 10.8 Å². The molecule has 3 nitrogen and oxygen atoms in total. The summed E-state index contributed by atoms with van der Waals surface area (Å²) in [5.74, 6) is 0. The van der Waals surface area contributed by atoms with Gasteiger partial charge in [-0.25, -0.2) is 0 Å². The highest BCUT2D eigenvalue weighted by molar-refractivity contribution is 7.86. The van der Waals surface area contributed by atoms with Crippen LogP contribution in [0.1, 0.15) is 51.9 Å². The third-order valence-electron chi connectivity index (χ3n) is 4.26. The van der Waals surface area contributed by atoms with Crippen LogP contribution in [-0.2, 0) is 15.5 Å². The van der Waals surface area contributed by atoms with Crippen LogP contribution in [0.3, 0.4) is 0 Å². The van der Waals surface area contributed by atoms with Crippen molar-refractivity contribution in [2.24, 2.45) is 5.73 Å². The van der Waals surface area contributed by atoms with Crippen molar-refractivity contribution in [2.45, 2.75) is 68.0 Å². The molecule has 2 rings (SSSR count). The normalized spacial score (nSPS) is 31.5. The van der Waals surface area contributed by atoms with E-state index in [2.05, 4.69) is 6.92 Å². The van der Waals surface area contributed by atoms with Crippen LogP contribution in [0.25, 0.3) is 0 Å². The monoisotopic (exact) mass is 259 g/mol. The lowest BCUT2D eigenvalue weighted by Gasteiger charge is -2.38. The summed E-state index contributed by atoms with van der Waals surface area (Å²) in [7, 11) is -0.733. The SMILES string of the molecule is CC(CCN)S(=O)C1CCOC2(CCCC2)C1. The molecule has 3 atom stereocenters. The van der Waals surface area contributed by atoms with Crippen LogP contribution >= 0.6 is 0 Å². The van der Waals surface area contributed by atoms with Crippen molar-refractivity contribution >= 4 is 10.8 Å². The second-order valence-corrected chi connectivity index (χ2v) is 7.70. The number of hydrogen-bond donors (Lipinski definition) is 1. The molecule has 2 aliphatic rings. The van der Waals surface area contributed by atoms with E-state index >= 15 is 0 Å². The highest BCUT2D eigenvalue weighted by Crippen LogP contribution is 2.41. The van der Waals surface area contributed by atoms with Crippen LogP contribution in [0.15, 0.2) is 0 Å². The van der Waals surface area contributed by atoms with E-state index in [1.807, 2.05) is 0 Å². The fourth-order valence-corrected chi connectivity index (χ4v) is 5.05. The zero-order valence-electron chi connectivity index (χ0n) is 10.8. The van der Waals surface area contributed by atoms with E-state index in [1.165, 1.54) is 25.7 Å². The minimum atomic E-state index is -0.733. The lowest BCUT2D eigenvalue weighted by atomic mass is 9.92. The van der Waals surface area contributed by atoms with E-state index in [1.54, 1.807) is 0 Å². The van der Waals surface area contributed by atoms with Crippen molar-refractivity contribution in [3.05, 3.63) is 0 Å². The van der Waals surface area contributed by atoms with Gasteiger partial charge >= 0.3 is 0 Å². The van der Waals surface area contributed by atoms with Gasteiger partial charge in [0.05, 0.1) is 5.60 Å². The molecule has 0 amide bonds. The van der Waals surface area contributed by atoms with Gasteiger partial charge in [0.1, 0.15) is 0 Å². The fourth-order valence-electron chi connectivity index (χ4n) is 3.23. The highest BCUT2D eigenvalue weighted by atomic mass is 32.2. The van der Waals surface area contributed by atoms with Crippen LogP contribution in [-0.4, -0.2) is 33.5 Å². The molecule has 0 aromatic rings. The lowest BCUT2D eigenvalue weighted by molar-refractivity contribution is -0.0709. The third-order valence-corrected chi connectivity index (χ3v) is 6.35. The molecule has 1 spiro atoms. The summed E-state index contributed by atoms with van der Waals surface area (Å²) in [5.41, 5.74) is 5.64. The molecule has 100 valence electrons. The zero-order valence-corrected chi connectivity index (χ0v) is 11.6. The smallest absolute Gasteiger partial charge is 0.0694 e. The zero-order chi connectivity index (χ0) is 12.3. The molecular weight excluding hydrogens is 234 g/mol. The fraction of sp³-hybridized carbons (Fsp3) is 1.00. The minimum Gasteiger partial charge on any atom is -0.375 e. The van der Waals surface area contributed by atoms with Gasteiger partial charge in [-0.15, -0.1) is 0 Å².